The van der Waals surface area contributed by atoms with Gasteiger partial charge in [-0.05, 0) is 32.8 Å². The Balaban J connectivity index is 2.20. The van der Waals surface area contributed by atoms with Gasteiger partial charge < -0.3 is 15.8 Å². The third kappa shape index (κ3) is 5.34. The molecule has 0 saturated heterocycles. The minimum atomic E-state index is -0.595. The molecule has 1 atom stereocenters. The minimum Gasteiger partial charge on any atom is -0.444 e. The SMILES string of the molecule is CC(C)(C)OC(=O)N[C@H](Cc1ccccc1)c1nc(C(N)=O)cs1. The highest BCUT2D eigenvalue weighted by atomic mass is 32.1. The lowest BCUT2D eigenvalue weighted by Gasteiger charge is -2.23. The fourth-order valence-electron chi connectivity index (χ4n) is 2.06. The highest BCUT2D eigenvalue weighted by Crippen LogP contribution is 2.23. The Kier molecular flexibility index (Phi) is 5.56. The van der Waals surface area contributed by atoms with Gasteiger partial charge in [0.2, 0.25) is 0 Å². The van der Waals surface area contributed by atoms with E-state index in [1.807, 2.05) is 30.3 Å². The Morgan fingerprint density at radius 3 is 2.50 bits per heavy atom. The van der Waals surface area contributed by atoms with Crippen LogP contribution >= 0.6 is 11.3 Å². The summed E-state index contributed by atoms with van der Waals surface area (Å²) in [6.07, 6.45) is 0.00506. The number of amides is 2. The molecule has 0 spiro atoms. The number of primary amides is 1. The second-order valence-corrected chi connectivity index (χ2v) is 7.21. The molecule has 7 heteroatoms. The number of carbonyl (C=O) groups excluding carboxylic acids is 2. The lowest BCUT2D eigenvalue weighted by atomic mass is 10.1. The van der Waals surface area contributed by atoms with E-state index in [0.717, 1.165) is 5.56 Å². The molecule has 1 aromatic heterocycles. The first-order valence-electron chi connectivity index (χ1n) is 7.53. The monoisotopic (exact) mass is 347 g/mol. The van der Waals surface area contributed by atoms with Crippen molar-refractivity contribution < 1.29 is 14.3 Å². The topological polar surface area (TPSA) is 94.3 Å². The third-order valence-corrected chi connectivity index (χ3v) is 4.00. The van der Waals surface area contributed by atoms with Crippen LogP contribution in [0.5, 0.6) is 0 Å². The Labute approximate surface area is 145 Å². The molecule has 1 aromatic carbocycles. The zero-order valence-electron chi connectivity index (χ0n) is 13.9. The summed E-state index contributed by atoms with van der Waals surface area (Å²) in [6, 6.07) is 9.31. The fourth-order valence-corrected chi connectivity index (χ4v) is 2.92. The summed E-state index contributed by atoms with van der Waals surface area (Å²) >= 11 is 1.28. The zero-order valence-corrected chi connectivity index (χ0v) is 14.7. The second kappa shape index (κ2) is 7.44. The minimum absolute atomic E-state index is 0.194. The summed E-state index contributed by atoms with van der Waals surface area (Å²) < 4.78 is 5.32. The van der Waals surface area contributed by atoms with E-state index in [2.05, 4.69) is 10.3 Å². The molecule has 0 aliphatic carbocycles. The van der Waals surface area contributed by atoms with E-state index in [1.165, 1.54) is 11.3 Å². The van der Waals surface area contributed by atoms with Crippen molar-refractivity contribution in [2.45, 2.75) is 38.8 Å². The van der Waals surface area contributed by atoms with Crippen LogP contribution in [0.3, 0.4) is 0 Å². The van der Waals surface area contributed by atoms with Gasteiger partial charge >= 0.3 is 6.09 Å². The molecule has 0 saturated carbocycles. The summed E-state index contributed by atoms with van der Waals surface area (Å²) in [6.45, 7) is 5.40. The zero-order chi connectivity index (χ0) is 17.7. The number of nitrogens with two attached hydrogens (primary N) is 1. The third-order valence-electron chi connectivity index (χ3n) is 3.05. The molecule has 2 amide bonds. The van der Waals surface area contributed by atoms with Gasteiger partial charge in [-0.2, -0.15) is 0 Å². The molecule has 0 aliphatic rings. The molecule has 0 aliphatic heterocycles. The lowest BCUT2D eigenvalue weighted by molar-refractivity contribution is 0.0503. The average molecular weight is 347 g/mol. The number of benzene rings is 1. The fraction of sp³-hybridized carbons (Fsp3) is 0.353. The summed E-state index contributed by atoms with van der Waals surface area (Å²) in [5.74, 6) is -0.590. The van der Waals surface area contributed by atoms with Gasteiger partial charge in [-0.25, -0.2) is 9.78 Å². The van der Waals surface area contributed by atoms with Crippen molar-refractivity contribution in [3.8, 4) is 0 Å². The van der Waals surface area contributed by atoms with Crippen LogP contribution in [0.4, 0.5) is 4.79 Å². The van der Waals surface area contributed by atoms with Crippen molar-refractivity contribution in [1.82, 2.24) is 10.3 Å². The smallest absolute Gasteiger partial charge is 0.408 e. The molecule has 128 valence electrons. The van der Waals surface area contributed by atoms with Gasteiger partial charge in [0.25, 0.3) is 5.91 Å². The van der Waals surface area contributed by atoms with Crippen LogP contribution in [0, 0.1) is 0 Å². The van der Waals surface area contributed by atoms with Crippen molar-refractivity contribution in [2.75, 3.05) is 0 Å². The van der Waals surface area contributed by atoms with Crippen molar-refractivity contribution in [3.63, 3.8) is 0 Å². The number of rotatable bonds is 5. The van der Waals surface area contributed by atoms with E-state index >= 15 is 0 Å². The molecule has 1 heterocycles. The molecule has 2 rings (SSSR count). The first-order valence-corrected chi connectivity index (χ1v) is 8.41. The second-order valence-electron chi connectivity index (χ2n) is 6.32. The number of alkyl carbamates (subject to hydrolysis) is 1. The molecular weight excluding hydrogens is 326 g/mol. The first-order chi connectivity index (χ1) is 11.2. The highest BCUT2D eigenvalue weighted by Gasteiger charge is 2.23. The molecule has 2 aromatic rings. The molecule has 6 nitrogen and oxygen atoms in total. The van der Waals surface area contributed by atoms with Crippen LogP contribution in [0.25, 0.3) is 0 Å². The van der Waals surface area contributed by atoms with Gasteiger partial charge in [0.15, 0.2) is 0 Å². The maximum absolute atomic E-state index is 12.1. The number of carbonyl (C=O) groups is 2. The van der Waals surface area contributed by atoms with Crippen LogP contribution < -0.4 is 11.1 Å². The average Bonchev–Trinajstić information content (AvgIpc) is 2.95. The van der Waals surface area contributed by atoms with Gasteiger partial charge in [-0.3, -0.25) is 4.79 Å². The van der Waals surface area contributed by atoms with Crippen LogP contribution in [-0.2, 0) is 11.2 Å². The lowest BCUT2D eigenvalue weighted by Crippen LogP contribution is -2.35. The molecular formula is C17H21N3O3S. The van der Waals surface area contributed by atoms with E-state index in [0.29, 0.717) is 11.4 Å². The largest absolute Gasteiger partial charge is 0.444 e. The predicted octanol–water partition coefficient (Wildman–Crippen LogP) is 3.05. The Morgan fingerprint density at radius 2 is 1.96 bits per heavy atom. The maximum atomic E-state index is 12.1. The first kappa shape index (κ1) is 17.9. The van der Waals surface area contributed by atoms with Crippen molar-refractivity contribution in [3.05, 3.63) is 52.0 Å². The number of thiazole rings is 1. The summed E-state index contributed by atoms with van der Waals surface area (Å²) in [5.41, 5.74) is 5.89. The number of ether oxygens (including phenoxy) is 1. The van der Waals surface area contributed by atoms with E-state index in [4.69, 9.17) is 10.5 Å². The van der Waals surface area contributed by atoms with Gasteiger partial charge in [0.1, 0.15) is 16.3 Å². The van der Waals surface area contributed by atoms with Crippen LogP contribution in [0.15, 0.2) is 35.7 Å². The molecule has 0 fully saturated rings. The summed E-state index contributed by atoms with van der Waals surface area (Å²) in [5, 5.41) is 5.02. The Hall–Kier alpha value is -2.41. The van der Waals surface area contributed by atoms with Gasteiger partial charge in [0, 0.05) is 5.38 Å². The van der Waals surface area contributed by atoms with E-state index in [1.54, 1.807) is 26.2 Å². The molecule has 0 radical (unpaired) electrons. The van der Waals surface area contributed by atoms with Gasteiger partial charge in [-0.15, -0.1) is 11.3 Å². The van der Waals surface area contributed by atoms with Crippen molar-refractivity contribution >= 4 is 23.3 Å². The maximum Gasteiger partial charge on any atom is 0.408 e. The van der Waals surface area contributed by atoms with Gasteiger partial charge in [0.05, 0.1) is 6.04 Å². The quantitative estimate of drug-likeness (QED) is 0.869. The van der Waals surface area contributed by atoms with E-state index in [9.17, 15) is 9.59 Å². The normalized spacial score (nSPS) is 12.5. The number of nitrogens with zero attached hydrogens (tertiary/aromatic N) is 1. The van der Waals surface area contributed by atoms with Crippen molar-refractivity contribution in [1.29, 1.82) is 0 Å². The van der Waals surface area contributed by atoms with Crippen LogP contribution in [0.2, 0.25) is 0 Å². The molecule has 0 bridgehead atoms. The molecule has 24 heavy (non-hydrogen) atoms. The standard InChI is InChI=1S/C17H21N3O3S/c1-17(2,3)23-16(22)20-12(9-11-7-5-4-6-8-11)15-19-13(10-24-15)14(18)21/h4-8,10,12H,9H2,1-3H3,(H2,18,21)(H,20,22)/t12-/m1/s1. The molecule has 3 N–H and O–H groups in total. The molecule has 0 unspecified atom stereocenters. The number of aromatic nitrogens is 1. The van der Waals surface area contributed by atoms with Crippen molar-refractivity contribution in [2.24, 2.45) is 5.73 Å². The van der Waals surface area contributed by atoms with Gasteiger partial charge in [-0.1, -0.05) is 30.3 Å². The van der Waals surface area contributed by atoms with Crippen LogP contribution in [-0.4, -0.2) is 22.6 Å². The number of hydrogen-bond acceptors (Lipinski definition) is 5. The summed E-state index contributed by atoms with van der Waals surface area (Å²) in [4.78, 5) is 27.6. The highest BCUT2D eigenvalue weighted by molar-refractivity contribution is 7.09. The number of hydrogen-bond donors (Lipinski definition) is 2. The van der Waals surface area contributed by atoms with Crippen LogP contribution in [0.1, 0.15) is 47.9 Å². The predicted molar refractivity (Wildman–Crippen MR) is 92.9 cm³/mol. The van der Waals surface area contributed by atoms with E-state index in [-0.39, 0.29) is 5.69 Å². The Morgan fingerprint density at radius 1 is 1.29 bits per heavy atom. The van der Waals surface area contributed by atoms with E-state index < -0.39 is 23.6 Å². The number of nitrogens with one attached hydrogen (secondary N) is 1. The Bertz CT molecular complexity index is 707. The summed E-state index contributed by atoms with van der Waals surface area (Å²) in [7, 11) is 0.